The van der Waals surface area contributed by atoms with Gasteiger partial charge in [0.2, 0.25) is 5.30 Å². The van der Waals surface area contributed by atoms with E-state index >= 15 is 0 Å². The standard InChI is InChI=1S/C15H12Cl2O4P/c1-20-9-6-7-13(12(8-9)21-2)22(19)15(18)14-10(16)4-3-5-11(14)17/h3-8H,1-2H3/q+1. The van der Waals surface area contributed by atoms with Gasteiger partial charge in [0, 0.05) is 6.07 Å². The molecule has 1 atom stereocenters. The third-order valence-corrected chi connectivity index (χ3v) is 5.00. The minimum atomic E-state index is -2.43. The van der Waals surface area contributed by atoms with Crippen LogP contribution in [0.5, 0.6) is 11.5 Å². The van der Waals surface area contributed by atoms with E-state index < -0.39 is 13.3 Å². The van der Waals surface area contributed by atoms with Crippen LogP contribution in [0.2, 0.25) is 10.0 Å². The number of carbonyl (C=O) groups excluding carboxylic acids is 1. The van der Waals surface area contributed by atoms with Gasteiger partial charge in [-0.25, -0.2) is 4.79 Å². The van der Waals surface area contributed by atoms with Gasteiger partial charge in [0.1, 0.15) is 11.3 Å². The maximum Gasteiger partial charge on any atom is 0.462 e. The molecule has 0 fully saturated rings. The Balaban J connectivity index is 2.46. The van der Waals surface area contributed by atoms with Crippen LogP contribution in [-0.2, 0) is 4.57 Å². The fraction of sp³-hybridized carbons (Fsp3) is 0.133. The Hall–Kier alpha value is -1.61. The van der Waals surface area contributed by atoms with Crippen molar-refractivity contribution in [2.24, 2.45) is 0 Å². The lowest BCUT2D eigenvalue weighted by atomic mass is 10.2. The maximum atomic E-state index is 12.6. The molecule has 1 unspecified atom stereocenters. The second-order valence-corrected chi connectivity index (χ2v) is 6.53. The molecule has 0 amide bonds. The first-order valence-electron chi connectivity index (χ1n) is 6.17. The van der Waals surface area contributed by atoms with Crippen LogP contribution in [0.1, 0.15) is 10.4 Å². The lowest BCUT2D eigenvalue weighted by Gasteiger charge is -2.04. The molecule has 0 aliphatic carbocycles. The van der Waals surface area contributed by atoms with Crippen LogP contribution in [0.25, 0.3) is 0 Å². The van der Waals surface area contributed by atoms with E-state index in [1.165, 1.54) is 32.4 Å². The van der Waals surface area contributed by atoms with Crippen LogP contribution in [0.3, 0.4) is 0 Å². The minimum absolute atomic E-state index is 0.0461. The zero-order chi connectivity index (χ0) is 16.3. The highest BCUT2D eigenvalue weighted by atomic mass is 35.5. The summed E-state index contributed by atoms with van der Waals surface area (Å²) in [7, 11) is 0.500. The summed E-state index contributed by atoms with van der Waals surface area (Å²) >= 11 is 12.0. The van der Waals surface area contributed by atoms with Crippen molar-refractivity contribution in [2.75, 3.05) is 14.2 Å². The van der Waals surface area contributed by atoms with Crippen molar-refractivity contribution in [1.82, 2.24) is 0 Å². The molecule has 0 radical (unpaired) electrons. The summed E-state index contributed by atoms with van der Waals surface area (Å²) in [6.07, 6.45) is 0. The van der Waals surface area contributed by atoms with Gasteiger partial charge in [-0.1, -0.05) is 33.8 Å². The molecule has 0 saturated carbocycles. The van der Waals surface area contributed by atoms with E-state index in [9.17, 15) is 9.36 Å². The van der Waals surface area contributed by atoms with Crippen LogP contribution in [-0.4, -0.2) is 19.7 Å². The van der Waals surface area contributed by atoms with E-state index in [2.05, 4.69) is 0 Å². The van der Waals surface area contributed by atoms with Crippen molar-refractivity contribution in [2.45, 2.75) is 0 Å². The summed E-state index contributed by atoms with van der Waals surface area (Å²) in [6, 6.07) is 9.35. The van der Waals surface area contributed by atoms with E-state index in [0.717, 1.165) is 0 Å². The van der Waals surface area contributed by atoms with Crippen molar-refractivity contribution in [3.05, 3.63) is 52.0 Å². The number of methoxy groups -OCH3 is 2. The Morgan fingerprint density at radius 3 is 2.23 bits per heavy atom. The first-order chi connectivity index (χ1) is 10.5. The van der Waals surface area contributed by atoms with Crippen molar-refractivity contribution >= 4 is 41.8 Å². The zero-order valence-electron chi connectivity index (χ0n) is 11.8. The van der Waals surface area contributed by atoms with Crippen molar-refractivity contribution < 1.29 is 18.8 Å². The molecule has 114 valence electrons. The molecule has 2 aromatic carbocycles. The second-order valence-electron chi connectivity index (χ2n) is 4.23. The van der Waals surface area contributed by atoms with Crippen molar-refractivity contribution in [3.63, 3.8) is 0 Å². The second kappa shape index (κ2) is 7.10. The average molecular weight is 358 g/mol. The van der Waals surface area contributed by atoms with Gasteiger partial charge < -0.3 is 9.47 Å². The Bertz CT molecular complexity index is 726. The summed E-state index contributed by atoms with van der Waals surface area (Å²) < 4.78 is 22.8. The predicted molar refractivity (Wildman–Crippen MR) is 87.6 cm³/mol. The molecule has 2 aromatic rings. The number of rotatable bonds is 5. The molecule has 0 saturated heterocycles. The molecule has 0 N–H and O–H groups in total. The number of carbonyl (C=O) groups is 1. The highest BCUT2D eigenvalue weighted by molar-refractivity contribution is 7.71. The molecule has 7 heteroatoms. The molecule has 0 aliphatic heterocycles. The van der Waals surface area contributed by atoms with E-state index in [0.29, 0.717) is 11.5 Å². The fourth-order valence-corrected chi connectivity index (χ4v) is 3.80. The Kier molecular flexibility index (Phi) is 5.41. The van der Waals surface area contributed by atoms with Crippen LogP contribution < -0.4 is 14.8 Å². The Labute approximate surface area is 138 Å². The van der Waals surface area contributed by atoms with Gasteiger partial charge in [-0.2, -0.15) is 0 Å². The third kappa shape index (κ3) is 3.25. The van der Waals surface area contributed by atoms with E-state index in [1.807, 2.05) is 0 Å². The first-order valence-corrected chi connectivity index (χ1v) is 8.18. The first kappa shape index (κ1) is 16.8. The summed E-state index contributed by atoms with van der Waals surface area (Å²) in [5.74, 6) is 0.837. The lowest BCUT2D eigenvalue weighted by molar-refractivity contribution is 0.108. The summed E-state index contributed by atoms with van der Waals surface area (Å²) in [5, 5.41) is 0.584. The third-order valence-electron chi connectivity index (χ3n) is 2.97. The zero-order valence-corrected chi connectivity index (χ0v) is 14.2. The molecule has 0 bridgehead atoms. The molecule has 0 spiro atoms. The smallest absolute Gasteiger partial charge is 0.462 e. The molecule has 0 aromatic heterocycles. The summed E-state index contributed by atoms with van der Waals surface area (Å²) in [5.41, 5.74) is -0.598. The van der Waals surface area contributed by atoms with Gasteiger partial charge in [-0.05, 0) is 24.3 Å². The number of ether oxygens (including phenoxy) is 2. The van der Waals surface area contributed by atoms with Crippen LogP contribution in [0.4, 0.5) is 0 Å². The largest absolute Gasteiger partial charge is 0.497 e. The molecule has 22 heavy (non-hydrogen) atoms. The molecule has 0 heterocycles. The van der Waals surface area contributed by atoms with Gasteiger partial charge in [0.15, 0.2) is 5.75 Å². The number of hydrogen-bond acceptors (Lipinski definition) is 4. The van der Waals surface area contributed by atoms with E-state index in [1.54, 1.807) is 18.2 Å². The summed E-state index contributed by atoms with van der Waals surface area (Å²) in [4.78, 5) is 12.5. The van der Waals surface area contributed by atoms with Crippen LogP contribution >= 0.6 is 31.0 Å². The SMILES string of the molecule is COc1ccc([P+](=O)C(=O)c2c(Cl)cccc2Cl)c(OC)c1. The van der Waals surface area contributed by atoms with Crippen molar-refractivity contribution in [3.8, 4) is 11.5 Å². The predicted octanol–water partition coefficient (Wildman–Crippen LogP) is 4.30. The molecule has 2 rings (SSSR count). The van der Waals surface area contributed by atoms with Gasteiger partial charge >= 0.3 is 13.3 Å². The van der Waals surface area contributed by atoms with Crippen LogP contribution in [0.15, 0.2) is 36.4 Å². The number of benzene rings is 2. The van der Waals surface area contributed by atoms with Gasteiger partial charge in [-0.15, -0.1) is 0 Å². The quantitative estimate of drug-likeness (QED) is 0.748. The normalized spacial score (nSPS) is 11.0. The lowest BCUT2D eigenvalue weighted by Crippen LogP contribution is -2.08. The highest BCUT2D eigenvalue weighted by Gasteiger charge is 2.38. The maximum absolute atomic E-state index is 12.6. The summed E-state index contributed by atoms with van der Waals surface area (Å²) in [6.45, 7) is 0. The van der Waals surface area contributed by atoms with E-state index in [4.69, 9.17) is 32.7 Å². The molecular weight excluding hydrogens is 346 g/mol. The van der Waals surface area contributed by atoms with E-state index in [-0.39, 0.29) is 20.9 Å². The van der Waals surface area contributed by atoms with Crippen molar-refractivity contribution in [1.29, 1.82) is 0 Å². The topological polar surface area (TPSA) is 52.6 Å². The fourth-order valence-electron chi connectivity index (χ4n) is 1.87. The number of hydrogen-bond donors (Lipinski definition) is 0. The molecule has 0 aliphatic rings. The number of halogens is 2. The van der Waals surface area contributed by atoms with Gasteiger partial charge in [0.25, 0.3) is 0 Å². The molecule has 4 nitrogen and oxygen atoms in total. The van der Waals surface area contributed by atoms with Gasteiger partial charge in [0.05, 0.1) is 24.3 Å². The monoisotopic (exact) mass is 357 g/mol. The Morgan fingerprint density at radius 2 is 1.68 bits per heavy atom. The minimum Gasteiger partial charge on any atom is -0.497 e. The molecular formula is C15H12Cl2O4P+. The average Bonchev–Trinajstić information content (AvgIpc) is 2.53. The Morgan fingerprint density at radius 1 is 1.05 bits per heavy atom. The van der Waals surface area contributed by atoms with Gasteiger partial charge in [-0.3, -0.25) is 0 Å². The van der Waals surface area contributed by atoms with Crippen LogP contribution in [0, 0.1) is 0 Å². The highest BCUT2D eigenvalue weighted by Crippen LogP contribution is 2.37.